The van der Waals surface area contributed by atoms with Crippen LogP contribution < -0.4 is 5.32 Å². The topological polar surface area (TPSA) is 79.4 Å². The Kier molecular flexibility index (Phi) is 4.61. The van der Waals surface area contributed by atoms with Gasteiger partial charge in [-0.1, -0.05) is 18.2 Å². The van der Waals surface area contributed by atoms with Crippen LogP contribution in [0.4, 0.5) is 5.69 Å². The molecule has 2 heterocycles. The van der Waals surface area contributed by atoms with E-state index in [0.29, 0.717) is 12.0 Å². The second kappa shape index (κ2) is 6.84. The van der Waals surface area contributed by atoms with E-state index in [9.17, 15) is 14.4 Å². The maximum atomic E-state index is 12.2. The second-order valence-electron chi connectivity index (χ2n) is 6.08. The van der Waals surface area contributed by atoms with Crippen LogP contribution in [0.2, 0.25) is 0 Å². The van der Waals surface area contributed by atoms with E-state index in [0.717, 1.165) is 21.7 Å². The highest BCUT2D eigenvalue weighted by atomic mass is 16.2. The fourth-order valence-corrected chi connectivity index (χ4v) is 2.93. The Labute approximate surface area is 145 Å². The highest BCUT2D eigenvalue weighted by Gasteiger charge is 2.36. The first-order valence-electron chi connectivity index (χ1n) is 8.16. The first-order valence-corrected chi connectivity index (χ1v) is 8.16. The Morgan fingerprint density at radius 1 is 1.08 bits per heavy atom. The molecule has 0 radical (unpaired) electrons. The molecular formula is C19H19N3O3. The number of anilines is 1. The molecule has 1 aromatic carbocycles. The second-order valence-corrected chi connectivity index (χ2v) is 6.08. The Bertz CT molecular complexity index is 805. The number of hydrogen-bond donors (Lipinski definition) is 1. The summed E-state index contributed by atoms with van der Waals surface area (Å²) in [7, 11) is 0. The average molecular weight is 337 g/mol. The zero-order valence-corrected chi connectivity index (χ0v) is 14.2. The molecule has 25 heavy (non-hydrogen) atoms. The van der Waals surface area contributed by atoms with Crippen molar-refractivity contribution in [1.82, 2.24) is 9.88 Å². The lowest BCUT2D eigenvalue weighted by atomic mass is 10.1. The maximum absolute atomic E-state index is 12.2. The van der Waals surface area contributed by atoms with Gasteiger partial charge in [-0.15, -0.1) is 0 Å². The molecule has 0 aliphatic carbocycles. The molecule has 0 atom stereocenters. The van der Waals surface area contributed by atoms with E-state index in [2.05, 4.69) is 10.3 Å². The van der Waals surface area contributed by atoms with Crippen molar-refractivity contribution in [2.24, 2.45) is 0 Å². The van der Waals surface area contributed by atoms with Crippen molar-refractivity contribution >= 4 is 23.4 Å². The summed E-state index contributed by atoms with van der Waals surface area (Å²) >= 11 is 0. The van der Waals surface area contributed by atoms with Crippen molar-refractivity contribution in [3.63, 3.8) is 0 Å². The molecule has 3 rings (SSSR count). The van der Waals surface area contributed by atoms with E-state index < -0.39 is 5.91 Å². The number of carbonyl (C=O) groups excluding carboxylic acids is 3. The Morgan fingerprint density at radius 2 is 1.80 bits per heavy atom. The van der Waals surface area contributed by atoms with Gasteiger partial charge in [0.05, 0.1) is 5.56 Å². The van der Waals surface area contributed by atoms with Crippen LogP contribution in [0.3, 0.4) is 0 Å². The molecule has 2 aromatic rings. The number of benzene rings is 1. The number of rotatable bonds is 5. The smallest absolute Gasteiger partial charge is 0.280 e. The number of para-hydroxylation sites is 1. The predicted octanol–water partition coefficient (Wildman–Crippen LogP) is 2.71. The molecule has 128 valence electrons. The zero-order valence-electron chi connectivity index (χ0n) is 14.2. The van der Waals surface area contributed by atoms with Crippen molar-refractivity contribution in [1.29, 1.82) is 0 Å². The van der Waals surface area contributed by atoms with E-state index in [1.54, 1.807) is 12.1 Å². The Morgan fingerprint density at radius 3 is 2.48 bits per heavy atom. The van der Waals surface area contributed by atoms with Crippen LogP contribution in [0.15, 0.2) is 36.5 Å². The number of nitrogens with one attached hydrogen (secondary N) is 1. The van der Waals surface area contributed by atoms with Crippen molar-refractivity contribution in [3.05, 3.63) is 58.9 Å². The molecule has 1 N–H and O–H groups in total. The first kappa shape index (κ1) is 16.8. The van der Waals surface area contributed by atoms with Crippen molar-refractivity contribution in [2.75, 3.05) is 11.9 Å². The van der Waals surface area contributed by atoms with Gasteiger partial charge in [0.1, 0.15) is 5.69 Å². The van der Waals surface area contributed by atoms with Gasteiger partial charge < -0.3 is 5.32 Å². The third-order valence-corrected chi connectivity index (χ3v) is 4.26. The molecule has 1 aromatic heterocycles. The number of fused-ring (bicyclic) bond motifs is 1. The highest BCUT2D eigenvalue weighted by molar-refractivity contribution is 6.20. The lowest BCUT2D eigenvalue weighted by molar-refractivity contribution is -0.116. The van der Waals surface area contributed by atoms with Crippen molar-refractivity contribution < 1.29 is 14.4 Å². The van der Waals surface area contributed by atoms with Gasteiger partial charge in [-0.05, 0) is 43.5 Å². The number of imide groups is 1. The van der Waals surface area contributed by atoms with Gasteiger partial charge in [0, 0.05) is 24.8 Å². The quantitative estimate of drug-likeness (QED) is 0.851. The fourth-order valence-electron chi connectivity index (χ4n) is 2.93. The van der Waals surface area contributed by atoms with Crippen LogP contribution in [0, 0.1) is 13.8 Å². The van der Waals surface area contributed by atoms with Gasteiger partial charge in [-0.25, -0.2) is 0 Å². The van der Waals surface area contributed by atoms with E-state index in [-0.39, 0.29) is 30.5 Å². The summed E-state index contributed by atoms with van der Waals surface area (Å²) in [4.78, 5) is 41.7. The SMILES string of the molecule is Cc1cccc(C)c1NC(=O)CCCN1C(=O)c2cccnc2C1=O. The fraction of sp³-hybridized carbons (Fsp3) is 0.263. The summed E-state index contributed by atoms with van der Waals surface area (Å²) in [6, 6.07) is 9.04. The summed E-state index contributed by atoms with van der Waals surface area (Å²) in [5, 5.41) is 2.90. The van der Waals surface area contributed by atoms with Crippen LogP contribution in [0.1, 0.15) is 44.8 Å². The van der Waals surface area contributed by atoms with Crippen LogP contribution in [-0.4, -0.2) is 34.2 Å². The Balaban J connectivity index is 1.56. The number of carbonyl (C=O) groups is 3. The van der Waals surface area contributed by atoms with Crippen LogP contribution in [0.25, 0.3) is 0 Å². The number of aromatic nitrogens is 1. The first-order chi connectivity index (χ1) is 12.0. The minimum atomic E-state index is -0.393. The predicted molar refractivity (Wildman–Crippen MR) is 93.4 cm³/mol. The summed E-state index contributed by atoms with van der Waals surface area (Å²) < 4.78 is 0. The number of amides is 3. The number of hydrogen-bond acceptors (Lipinski definition) is 4. The average Bonchev–Trinajstić information content (AvgIpc) is 2.84. The molecule has 6 nitrogen and oxygen atoms in total. The molecule has 0 unspecified atom stereocenters. The third kappa shape index (κ3) is 3.28. The number of aryl methyl sites for hydroxylation is 2. The molecule has 6 heteroatoms. The van der Waals surface area contributed by atoms with Crippen molar-refractivity contribution in [2.45, 2.75) is 26.7 Å². The summed E-state index contributed by atoms with van der Waals surface area (Å²) in [5.74, 6) is -0.869. The van der Waals surface area contributed by atoms with Gasteiger partial charge in [-0.2, -0.15) is 0 Å². The normalized spacial score (nSPS) is 13.1. The van der Waals surface area contributed by atoms with Gasteiger partial charge >= 0.3 is 0 Å². The monoisotopic (exact) mass is 337 g/mol. The van der Waals surface area contributed by atoms with E-state index >= 15 is 0 Å². The standard InChI is InChI=1S/C19H19N3O3/c1-12-6-3-7-13(2)16(12)21-15(23)9-5-11-22-18(24)14-8-4-10-20-17(14)19(22)25/h3-4,6-8,10H,5,9,11H2,1-2H3,(H,21,23). The van der Waals surface area contributed by atoms with E-state index in [1.165, 1.54) is 6.20 Å². The number of nitrogens with zero attached hydrogens (tertiary/aromatic N) is 2. The molecular weight excluding hydrogens is 318 g/mol. The van der Waals surface area contributed by atoms with Gasteiger partial charge in [0.25, 0.3) is 11.8 Å². The zero-order chi connectivity index (χ0) is 18.0. The van der Waals surface area contributed by atoms with Gasteiger partial charge in [-0.3, -0.25) is 24.3 Å². The summed E-state index contributed by atoms with van der Waals surface area (Å²) in [6.45, 7) is 4.08. The summed E-state index contributed by atoms with van der Waals surface area (Å²) in [6.07, 6.45) is 2.13. The van der Waals surface area contributed by atoms with E-state index in [1.807, 2.05) is 32.0 Å². The largest absolute Gasteiger partial charge is 0.326 e. The lowest BCUT2D eigenvalue weighted by Gasteiger charge is -2.14. The van der Waals surface area contributed by atoms with Gasteiger partial charge in [0.2, 0.25) is 5.91 Å². The maximum Gasteiger partial charge on any atom is 0.280 e. The molecule has 0 saturated heterocycles. The molecule has 0 fully saturated rings. The van der Waals surface area contributed by atoms with Crippen LogP contribution in [0.5, 0.6) is 0 Å². The molecule has 3 amide bonds. The van der Waals surface area contributed by atoms with E-state index in [4.69, 9.17) is 0 Å². The van der Waals surface area contributed by atoms with Crippen molar-refractivity contribution in [3.8, 4) is 0 Å². The summed E-state index contributed by atoms with van der Waals surface area (Å²) in [5.41, 5.74) is 3.33. The molecule has 0 bridgehead atoms. The van der Waals surface area contributed by atoms with Gasteiger partial charge in [0.15, 0.2) is 0 Å². The molecule has 1 aliphatic rings. The van der Waals surface area contributed by atoms with Crippen LogP contribution >= 0.6 is 0 Å². The molecule has 0 saturated carbocycles. The minimum Gasteiger partial charge on any atom is -0.326 e. The number of pyridine rings is 1. The highest BCUT2D eigenvalue weighted by Crippen LogP contribution is 2.22. The lowest BCUT2D eigenvalue weighted by Crippen LogP contribution is -2.31. The molecule has 1 aliphatic heterocycles. The Hall–Kier alpha value is -3.02. The van der Waals surface area contributed by atoms with Crippen LogP contribution in [-0.2, 0) is 4.79 Å². The minimum absolute atomic E-state index is 0.132. The third-order valence-electron chi connectivity index (χ3n) is 4.26. The molecule has 0 spiro atoms.